The van der Waals surface area contributed by atoms with Crippen LogP contribution in [-0.2, 0) is 0 Å². The van der Waals surface area contributed by atoms with E-state index in [9.17, 15) is 0 Å². The van der Waals surface area contributed by atoms with Gasteiger partial charge < -0.3 is 10.2 Å². The zero-order valence-electron chi connectivity index (χ0n) is 10.7. The smallest absolute Gasteiger partial charge is 0.206 e. The molecular formula is C11H25N5. The maximum Gasteiger partial charge on any atom is 0.206 e. The van der Waals surface area contributed by atoms with Crippen molar-refractivity contribution in [1.29, 1.82) is 0 Å². The summed E-state index contributed by atoms with van der Waals surface area (Å²) in [5.74, 6) is 6.10. The summed E-state index contributed by atoms with van der Waals surface area (Å²) < 4.78 is 0. The van der Waals surface area contributed by atoms with Crippen molar-refractivity contribution >= 4 is 5.96 Å². The van der Waals surface area contributed by atoms with Gasteiger partial charge in [0, 0.05) is 12.6 Å². The van der Waals surface area contributed by atoms with E-state index in [4.69, 9.17) is 5.84 Å². The van der Waals surface area contributed by atoms with Gasteiger partial charge in [-0.3, -0.25) is 5.43 Å². The van der Waals surface area contributed by atoms with Crippen LogP contribution < -0.4 is 16.6 Å². The first-order valence-electron chi connectivity index (χ1n) is 6.15. The van der Waals surface area contributed by atoms with Gasteiger partial charge in [0.15, 0.2) is 0 Å². The van der Waals surface area contributed by atoms with Crippen molar-refractivity contribution in [1.82, 2.24) is 15.6 Å². The predicted octanol–water partition coefficient (Wildman–Crippen LogP) is 0.288. The second kappa shape index (κ2) is 6.70. The van der Waals surface area contributed by atoms with Crippen LogP contribution in [0.2, 0.25) is 0 Å². The van der Waals surface area contributed by atoms with E-state index >= 15 is 0 Å². The van der Waals surface area contributed by atoms with Gasteiger partial charge in [0.25, 0.3) is 0 Å². The Morgan fingerprint density at radius 2 is 1.94 bits per heavy atom. The van der Waals surface area contributed by atoms with E-state index < -0.39 is 0 Å². The number of likely N-dealkylation sites (tertiary alicyclic amines) is 1. The quantitative estimate of drug-likeness (QED) is 0.279. The lowest BCUT2D eigenvalue weighted by molar-refractivity contribution is 0.321. The second-order valence-electron chi connectivity index (χ2n) is 4.78. The highest BCUT2D eigenvalue weighted by Gasteiger charge is 2.14. The standard InChI is InChI=1S/C11H25N5/c1-9(2)13-11(15-12)14-10(3)8-16-6-4-5-7-16/h9-10H,4-8,12H2,1-3H3,(H2,13,14,15). The van der Waals surface area contributed by atoms with Crippen molar-refractivity contribution in [2.45, 2.75) is 45.7 Å². The van der Waals surface area contributed by atoms with Crippen LogP contribution in [0, 0.1) is 0 Å². The van der Waals surface area contributed by atoms with Crippen molar-refractivity contribution < 1.29 is 0 Å². The van der Waals surface area contributed by atoms with E-state index in [1.165, 1.54) is 25.9 Å². The van der Waals surface area contributed by atoms with Gasteiger partial charge in [0.05, 0.1) is 6.04 Å². The predicted molar refractivity (Wildman–Crippen MR) is 68.2 cm³/mol. The van der Waals surface area contributed by atoms with Crippen LogP contribution in [-0.4, -0.2) is 42.6 Å². The summed E-state index contributed by atoms with van der Waals surface area (Å²) in [5.41, 5.74) is 2.61. The average Bonchev–Trinajstić information content (AvgIpc) is 2.68. The highest BCUT2D eigenvalue weighted by atomic mass is 15.3. The Morgan fingerprint density at radius 3 is 2.44 bits per heavy atom. The molecule has 0 aromatic heterocycles. The molecule has 1 atom stereocenters. The highest BCUT2D eigenvalue weighted by molar-refractivity contribution is 5.79. The maximum absolute atomic E-state index is 5.42. The molecule has 0 aromatic rings. The molecule has 94 valence electrons. The third-order valence-electron chi connectivity index (χ3n) is 2.63. The molecule has 0 aromatic carbocycles. The van der Waals surface area contributed by atoms with E-state index in [0.717, 1.165) is 6.54 Å². The van der Waals surface area contributed by atoms with E-state index in [-0.39, 0.29) is 6.04 Å². The summed E-state index contributed by atoms with van der Waals surface area (Å²) in [6.07, 6.45) is 2.64. The molecule has 16 heavy (non-hydrogen) atoms. The molecule has 0 aliphatic carbocycles. The summed E-state index contributed by atoms with van der Waals surface area (Å²) in [4.78, 5) is 6.98. The summed E-state index contributed by atoms with van der Waals surface area (Å²) in [6, 6.07) is 0.615. The topological polar surface area (TPSA) is 65.7 Å². The monoisotopic (exact) mass is 227 g/mol. The van der Waals surface area contributed by atoms with Gasteiger partial charge >= 0.3 is 0 Å². The number of hydrazine groups is 1. The molecule has 0 radical (unpaired) electrons. The highest BCUT2D eigenvalue weighted by Crippen LogP contribution is 2.08. The number of nitrogens with one attached hydrogen (secondary N) is 2. The van der Waals surface area contributed by atoms with Gasteiger partial charge in [-0.25, -0.2) is 10.8 Å². The van der Waals surface area contributed by atoms with Crippen molar-refractivity contribution in [3.8, 4) is 0 Å². The Bertz CT molecular complexity index is 220. The Labute approximate surface area is 98.4 Å². The number of hydrogen-bond acceptors (Lipinski definition) is 3. The molecular weight excluding hydrogens is 202 g/mol. The van der Waals surface area contributed by atoms with E-state index in [0.29, 0.717) is 12.0 Å². The van der Waals surface area contributed by atoms with Gasteiger partial charge in [-0.2, -0.15) is 0 Å². The minimum Gasteiger partial charge on any atom is -0.353 e. The second-order valence-corrected chi connectivity index (χ2v) is 4.78. The summed E-state index contributed by atoms with van der Waals surface area (Å²) in [6.45, 7) is 9.70. The molecule has 1 heterocycles. The fourth-order valence-corrected chi connectivity index (χ4v) is 1.99. The number of nitrogens with zero attached hydrogens (tertiary/aromatic N) is 2. The average molecular weight is 227 g/mol. The third kappa shape index (κ3) is 4.81. The molecule has 5 heteroatoms. The first-order valence-corrected chi connectivity index (χ1v) is 6.15. The van der Waals surface area contributed by atoms with Crippen LogP contribution in [0.3, 0.4) is 0 Å². The van der Waals surface area contributed by atoms with E-state index in [2.05, 4.69) is 41.4 Å². The summed E-state index contributed by atoms with van der Waals surface area (Å²) in [7, 11) is 0. The molecule has 1 saturated heterocycles. The number of aliphatic imine (C=N–C) groups is 1. The molecule has 0 saturated carbocycles. The van der Waals surface area contributed by atoms with Crippen LogP contribution in [0.15, 0.2) is 4.99 Å². The molecule has 0 bridgehead atoms. The molecule has 1 aliphatic rings. The Hall–Kier alpha value is -0.810. The third-order valence-corrected chi connectivity index (χ3v) is 2.63. The minimum atomic E-state index is 0.274. The van der Waals surface area contributed by atoms with Gasteiger partial charge in [0.2, 0.25) is 5.96 Å². The number of rotatable bonds is 4. The zero-order valence-corrected chi connectivity index (χ0v) is 10.7. The molecule has 1 fully saturated rings. The first-order chi connectivity index (χ1) is 7.61. The Morgan fingerprint density at radius 1 is 1.31 bits per heavy atom. The van der Waals surface area contributed by atoms with Crippen molar-refractivity contribution in [2.24, 2.45) is 10.8 Å². The van der Waals surface area contributed by atoms with E-state index in [1.54, 1.807) is 0 Å². The largest absolute Gasteiger partial charge is 0.353 e. The van der Waals surface area contributed by atoms with Crippen LogP contribution in [0.1, 0.15) is 33.6 Å². The van der Waals surface area contributed by atoms with Crippen LogP contribution >= 0.6 is 0 Å². The number of nitrogens with two attached hydrogens (primary N) is 1. The Kier molecular flexibility index (Phi) is 5.55. The summed E-state index contributed by atoms with van der Waals surface area (Å²) in [5, 5.41) is 3.18. The van der Waals surface area contributed by atoms with Gasteiger partial charge in [0.1, 0.15) is 0 Å². The van der Waals surface area contributed by atoms with Crippen molar-refractivity contribution in [3.05, 3.63) is 0 Å². The maximum atomic E-state index is 5.42. The fourth-order valence-electron chi connectivity index (χ4n) is 1.99. The lowest BCUT2D eigenvalue weighted by Crippen LogP contribution is -2.45. The molecule has 1 rings (SSSR count). The van der Waals surface area contributed by atoms with Crippen LogP contribution in [0.4, 0.5) is 0 Å². The lowest BCUT2D eigenvalue weighted by Gasteiger charge is -2.19. The molecule has 0 amide bonds. The Balaban J connectivity index is 2.38. The molecule has 5 nitrogen and oxygen atoms in total. The van der Waals surface area contributed by atoms with Crippen molar-refractivity contribution in [3.63, 3.8) is 0 Å². The SMILES string of the molecule is CC(CN1CCCC1)N=C(NN)NC(C)C. The molecule has 0 spiro atoms. The minimum absolute atomic E-state index is 0.274. The number of guanidine groups is 1. The van der Waals surface area contributed by atoms with E-state index in [1.807, 2.05) is 0 Å². The summed E-state index contributed by atoms with van der Waals surface area (Å²) >= 11 is 0. The van der Waals surface area contributed by atoms with Crippen molar-refractivity contribution in [2.75, 3.05) is 19.6 Å². The zero-order chi connectivity index (χ0) is 12.0. The molecule has 4 N–H and O–H groups in total. The first kappa shape index (κ1) is 13.3. The van der Waals surface area contributed by atoms with Gasteiger partial charge in [-0.05, 0) is 46.7 Å². The van der Waals surface area contributed by atoms with Crippen LogP contribution in [0.25, 0.3) is 0 Å². The fraction of sp³-hybridized carbons (Fsp3) is 0.909. The number of hydrogen-bond donors (Lipinski definition) is 3. The lowest BCUT2D eigenvalue weighted by atomic mass is 10.3. The van der Waals surface area contributed by atoms with Gasteiger partial charge in [-0.1, -0.05) is 0 Å². The molecule has 1 aliphatic heterocycles. The van der Waals surface area contributed by atoms with Crippen LogP contribution in [0.5, 0.6) is 0 Å². The van der Waals surface area contributed by atoms with Gasteiger partial charge in [-0.15, -0.1) is 0 Å². The normalized spacial score (nSPS) is 20.2. The molecule has 1 unspecified atom stereocenters.